The molecule has 0 aromatic heterocycles. The first-order valence-corrected chi connectivity index (χ1v) is 5.18. The molecule has 2 rings (SSSR count). The smallest absolute Gasteiger partial charge is 0.159 e. The lowest BCUT2D eigenvalue weighted by molar-refractivity contribution is 0.101. The minimum atomic E-state index is 0.0780. The van der Waals surface area contributed by atoms with Crippen LogP contribution in [0.1, 0.15) is 29.8 Å². The molecule has 16 heavy (non-hydrogen) atoms. The molecule has 2 aromatic rings. The van der Waals surface area contributed by atoms with Crippen LogP contribution in [0.4, 0.5) is 0 Å². The fourth-order valence-corrected chi connectivity index (χ4v) is 1.70. The van der Waals surface area contributed by atoms with Crippen molar-refractivity contribution >= 4 is 22.3 Å². The molecule has 0 bridgehead atoms. The van der Waals surface area contributed by atoms with Gasteiger partial charge in [-0.15, -0.1) is 0 Å². The van der Waals surface area contributed by atoms with Crippen molar-refractivity contribution in [3.8, 4) is 0 Å². The highest BCUT2D eigenvalue weighted by atomic mass is 16.1. The fourth-order valence-electron chi connectivity index (χ4n) is 1.70. The first kappa shape index (κ1) is 10.6. The van der Waals surface area contributed by atoms with Crippen molar-refractivity contribution < 1.29 is 4.79 Å². The van der Waals surface area contributed by atoms with E-state index < -0.39 is 0 Å². The maximum atomic E-state index is 11.2. The molecule has 0 saturated carbocycles. The zero-order valence-electron chi connectivity index (χ0n) is 9.37. The summed E-state index contributed by atoms with van der Waals surface area (Å²) in [5.74, 6) is 0.0780. The average molecular weight is 211 g/mol. The summed E-state index contributed by atoms with van der Waals surface area (Å²) in [7, 11) is 0. The highest BCUT2D eigenvalue weighted by Gasteiger charge is 2.02. The second-order valence-corrected chi connectivity index (χ2v) is 3.96. The molecule has 0 fully saturated rings. The van der Waals surface area contributed by atoms with Gasteiger partial charge in [-0.25, -0.2) is 0 Å². The number of carbonyl (C=O) groups excluding carboxylic acids is 1. The number of nitrogens with one attached hydrogen (secondary N) is 1. The van der Waals surface area contributed by atoms with E-state index in [0.29, 0.717) is 5.71 Å². The molecule has 80 valence electrons. The second-order valence-electron chi connectivity index (χ2n) is 3.96. The molecule has 0 aliphatic rings. The quantitative estimate of drug-likeness (QED) is 0.600. The van der Waals surface area contributed by atoms with Crippen LogP contribution in [0.2, 0.25) is 0 Å². The summed E-state index contributed by atoms with van der Waals surface area (Å²) in [4.78, 5) is 11.2. The Hall–Kier alpha value is -1.96. The Balaban J connectivity index is 2.61. The number of Topliss-reactive ketones (excluding diaryl/α,β-unsaturated/α-hetero) is 1. The van der Waals surface area contributed by atoms with E-state index in [9.17, 15) is 4.79 Å². The van der Waals surface area contributed by atoms with Crippen LogP contribution in [0.5, 0.6) is 0 Å². The van der Waals surface area contributed by atoms with Crippen LogP contribution in [-0.2, 0) is 0 Å². The van der Waals surface area contributed by atoms with Crippen molar-refractivity contribution in [1.29, 1.82) is 5.41 Å². The number of benzene rings is 2. The maximum absolute atomic E-state index is 11.2. The number of carbonyl (C=O) groups is 1. The third-order valence-electron chi connectivity index (χ3n) is 2.68. The van der Waals surface area contributed by atoms with Gasteiger partial charge in [-0.05, 0) is 42.3 Å². The van der Waals surface area contributed by atoms with E-state index in [2.05, 4.69) is 0 Å². The zero-order valence-corrected chi connectivity index (χ0v) is 9.37. The summed E-state index contributed by atoms with van der Waals surface area (Å²) in [6.45, 7) is 3.34. The Morgan fingerprint density at radius 1 is 0.938 bits per heavy atom. The molecule has 2 aromatic carbocycles. The van der Waals surface area contributed by atoms with Crippen molar-refractivity contribution in [2.45, 2.75) is 13.8 Å². The first-order chi connectivity index (χ1) is 7.58. The van der Waals surface area contributed by atoms with E-state index in [1.807, 2.05) is 36.4 Å². The molecular weight excluding hydrogens is 198 g/mol. The van der Waals surface area contributed by atoms with Gasteiger partial charge in [0, 0.05) is 11.3 Å². The van der Waals surface area contributed by atoms with Gasteiger partial charge in [0.1, 0.15) is 0 Å². The molecule has 1 N–H and O–H groups in total. The summed E-state index contributed by atoms with van der Waals surface area (Å²) in [5, 5.41) is 9.67. The van der Waals surface area contributed by atoms with E-state index in [1.54, 1.807) is 13.8 Å². The molecule has 0 atom stereocenters. The average Bonchev–Trinajstić information content (AvgIpc) is 2.27. The fraction of sp³-hybridized carbons (Fsp3) is 0.143. The van der Waals surface area contributed by atoms with Crippen molar-refractivity contribution in [2.24, 2.45) is 0 Å². The summed E-state index contributed by atoms with van der Waals surface area (Å²) in [6.07, 6.45) is 0. The Labute approximate surface area is 94.4 Å². The van der Waals surface area contributed by atoms with Gasteiger partial charge in [0.05, 0.1) is 0 Å². The Kier molecular flexibility index (Phi) is 2.57. The highest BCUT2D eigenvalue weighted by molar-refractivity contribution is 6.02. The molecule has 0 saturated heterocycles. The monoisotopic (exact) mass is 211 g/mol. The van der Waals surface area contributed by atoms with Crippen molar-refractivity contribution in [3.05, 3.63) is 47.5 Å². The zero-order chi connectivity index (χ0) is 11.7. The standard InChI is InChI=1S/C14H13NO/c1-9(15)11-3-5-14-8-12(10(2)16)4-6-13(14)7-11/h3-8,15H,1-2H3. The van der Waals surface area contributed by atoms with Gasteiger partial charge in [0.15, 0.2) is 5.78 Å². The van der Waals surface area contributed by atoms with Crippen LogP contribution >= 0.6 is 0 Å². The summed E-state index contributed by atoms with van der Waals surface area (Å²) < 4.78 is 0. The molecule has 0 heterocycles. The molecule has 0 aliphatic carbocycles. The third-order valence-corrected chi connectivity index (χ3v) is 2.68. The topological polar surface area (TPSA) is 40.9 Å². The number of hydrogen-bond donors (Lipinski definition) is 1. The van der Waals surface area contributed by atoms with E-state index in [0.717, 1.165) is 21.9 Å². The number of fused-ring (bicyclic) bond motifs is 1. The van der Waals surface area contributed by atoms with E-state index in [1.165, 1.54) is 0 Å². The molecular formula is C14H13NO. The predicted molar refractivity (Wildman–Crippen MR) is 66.5 cm³/mol. The second kappa shape index (κ2) is 3.89. The van der Waals surface area contributed by atoms with Crippen molar-refractivity contribution in [1.82, 2.24) is 0 Å². The highest BCUT2D eigenvalue weighted by Crippen LogP contribution is 2.18. The molecule has 2 heteroatoms. The van der Waals surface area contributed by atoms with Crippen LogP contribution in [0.25, 0.3) is 10.8 Å². The minimum Gasteiger partial charge on any atom is -0.305 e. The Morgan fingerprint density at radius 2 is 1.44 bits per heavy atom. The van der Waals surface area contributed by atoms with Crippen molar-refractivity contribution in [3.63, 3.8) is 0 Å². The number of ketones is 1. The summed E-state index contributed by atoms with van der Waals surface area (Å²) in [5.41, 5.74) is 2.20. The summed E-state index contributed by atoms with van der Waals surface area (Å²) in [6, 6.07) is 11.5. The van der Waals surface area contributed by atoms with Crippen LogP contribution in [0.3, 0.4) is 0 Å². The van der Waals surface area contributed by atoms with Crippen LogP contribution in [0.15, 0.2) is 36.4 Å². The van der Waals surface area contributed by atoms with Crippen LogP contribution in [0, 0.1) is 5.41 Å². The van der Waals surface area contributed by atoms with Gasteiger partial charge in [0.2, 0.25) is 0 Å². The van der Waals surface area contributed by atoms with Gasteiger partial charge in [0.25, 0.3) is 0 Å². The molecule has 0 amide bonds. The lowest BCUT2D eigenvalue weighted by Gasteiger charge is -2.03. The first-order valence-electron chi connectivity index (χ1n) is 5.18. The van der Waals surface area contributed by atoms with E-state index in [-0.39, 0.29) is 5.78 Å². The molecule has 0 unspecified atom stereocenters. The number of rotatable bonds is 2. The third kappa shape index (κ3) is 1.87. The maximum Gasteiger partial charge on any atom is 0.159 e. The normalized spacial score (nSPS) is 10.4. The molecule has 0 aliphatic heterocycles. The van der Waals surface area contributed by atoms with Gasteiger partial charge < -0.3 is 5.41 Å². The van der Waals surface area contributed by atoms with Crippen molar-refractivity contribution in [2.75, 3.05) is 0 Å². The van der Waals surface area contributed by atoms with Gasteiger partial charge >= 0.3 is 0 Å². The molecule has 2 nitrogen and oxygen atoms in total. The van der Waals surface area contributed by atoms with Gasteiger partial charge in [-0.1, -0.05) is 24.3 Å². The number of hydrogen-bond acceptors (Lipinski definition) is 2. The largest absolute Gasteiger partial charge is 0.305 e. The van der Waals surface area contributed by atoms with E-state index in [4.69, 9.17) is 5.41 Å². The lowest BCUT2D eigenvalue weighted by atomic mass is 10.0. The molecule has 0 radical (unpaired) electrons. The van der Waals surface area contributed by atoms with E-state index >= 15 is 0 Å². The van der Waals surface area contributed by atoms with Gasteiger partial charge in [-0.3, -0.25) is 4.79 Å². The Morgan fingerprint density at radius 3 is 1.94 bits per heavy atom. The van der Waals surface area contributed by atoms with Crippen LogP contribution < -0.4 is 0 Å². The lowest BCUT2D eigenvalue weighted by Crippen LogP contribution is -1.93. The predicted octanol–water partition coefficient (Wildman–Crippen LogP) is 3.43. The van der Waals surface area contributed by atoms with Gasteiger partial charge in [-0.2, -0.15) is 0 Å². The minimum absolute atomic E-state index is 0.0780. The van der Waals surface area contributed by atoms with Crippen LogP contribution in [-0.4, -0.2) is 11.5 Å². The molecule has 0 spiro atoms. The summed E-state index contributed by atoms with van der Waals surface area (Å²) >= 11 is 0. The SMILES string of the molecule is CC(=N)c1ccc2cc(C(C)=O)ccc2c1. The Bertz CT molecular complexity index is 531.